The number of carbonyl (C=O) groups excluding carboxylic acids is 1. The van der Waals surface area contributed by atoms with Gasteiger partial charge in [-0.05, 0) is 42.9 Å². The van der Waals surface area contributed by atoms with Gasteiger partial charge in [-0.25, -0.2) is 0 Å². The number of phenolic OH excluding ortho intramolecular Hbond substituents is 1. The summed E-state index contributed by atoms with van der Waals surface area (Å²) >= 11 is 0. The average Bonchev–Trinajstić information content (AvgIpc) is 2.43. The zero-order valence-corrected chi connectivity index (χ0v) is 12.7. The Morgan fingerprint density at radius 3 is 2.55 bits per heavy atom. The van der Waals surface area contributed by atoms with Crippen LogP contribution in [-0.4, -0.2) is 11.1 Å². The fourth-order valence-electron chi connectivity index (χ4n) is 3.07. The molecule has 20 heavy (non-hydrogen) atoms. The maximum Gasteiger partial charge on any atom is 0.310 e. The van der Waals surface area contributed by atoms with E-state index in [1.54, 1.807) is 13.0 Å². The van der Waals surface area contributed by atoms with E-state index in [1.165, 1.54) is 19.3 Å². The fraction of sp³-hybridized carbons (Fsp3) is 0.588. The number of esters is 1. The lowest BCUT2D eigenvalue weighted by Gasteiger charge is -2.35. The van der Waals surface area contributed by atoms with Crippen molar-refractivity contribution in [2.75, 3.05) is 0 Å². The summed E-state index contributed by atoms with van der Waals surface area (Å²) in [5.41, 5.74) is 1.69. The van der Waals surface area contributed by atoms with E-state index in [0.717, 1.165) is 24.0 Å². The highest BCUT2D eigenvalue weighted by molar-refractivity contribution is 5.72. The molecule has 110 valence electrons. The van der Waals surface area contributed by atoms with Gasteiger partial charge in [-0.3, -0.25) is 4.79 Å². The van der Waals surface area contributed by atoms with Crippen molar-refractivity contribution in [3.63, 3.8) is 0 Å². The predicted molar refractivity (Wildman–Crippen MR) is 79.2 cm³/mol. The van der Waals surface area contributed by atoms with Gasteiger partial charge in [0.25, 0.3) is 0 Å². The number of benzene rings is 1. The summed E-state index contributed by atoms with van der Waals surface area (Å²) in [6.07, 6.45) is 6.14. The molecule has 3 nitrogen and oxygen atoms in total. The second-order valence-electron chi connectivity index (χ2n) is 6.09. The Bertz CT molecular complexity index is 499. The van der Waals surface area contributed by atoms with E-state index >= 15 is 0 Å². The summed E-state index contributed by atoms with van der Waals surface area (Å²) in [7, 11) is 0. The SMILES string of the molecule is CCC(=O)Oc1cc(C)c(O)c(C2(C)CCCCC2)c1. The van der Waals surface area contributed by atoms with Crippen LogP contribution in [0.25, 0.3) is 0 Å². The van der Waals surface area contributed by atoms with Crippen molar-refractivity contribution in [1.29, 1.82) is 0 Å². The van der Waals surface area contributed by atoms with E-state index < -0.39 is 0 Å². The maximum atomic E-state index is 11.5. The molecule has 0 radical (unpaired) electrons. The van der Waals surface area contributed by atoms with Crippen molar-refractivity contribution < 1.29 is 14.6 Å². The molecule has 0 bridgehead atoms. The summed E-state index contributed by atoms with van der Waals surface area (Å²) in [5, 5.41) is 10.4. The Hall–Kier alpha value is -1.51. The minimum absolute atomic E-state index is 0.0122. The van der Waals surface area contributed by atoms with Crippen molar-refractivity contribution in [2.24, 2.45) is 0 Å². The summed E-state index contributed by atoms with van der Waals surface area (Å²) in [5.74, 6) is 0.662. The first-order valence-corrected chi connectivity index (χ1v) is 7.51. The number of aryl methyl sites for hydroxylation is 1. The molecule has 1 fully saturated rings. The van der Waals surface area contributed by atoms with Crippen LogP contribution in [0.1, 0.15) is 63.5 Å². The molecule has 1 aromatic carbocycles. The molecule has 0 aliphatic heterocycles. The van der Waals surface area contributed by atoms with Gasteiger partial charge in [-0.2, -0.15) is 0 Å². The smallest absolute Gasteiger partial charge is 0.310 e. The lowest BCUT2D eigenvalue weighted by atomic mass is 9.70. The summed E-state index contributed by atoms with van der Waals surface area (Å²) in [6.45, 7) is 5.83. The minimum atomic E-state index is -0.241. The van der Waals surface area contributed by atoms with Crippen LogP contribution in [0.15, 0.2) is 12.1 Å². The number of hydrogen-bond donors (Lipinski definition) is 1. The molecule has 0 amide bonds. The molecule has 0 heterocycles. The standard InChI is InChI=1S/C17H24O3/c1-4-15(18)20-13-10-12(2)16(19)14(11-13)17(3)8-6-5-7-9-17/h10-11,19H,4-9H2,1-3H3. The van der Waals surface area contributed by atoms with E-state index in [1.807, 2.05) is 13.0 Å². The summed E-state index contributed by atoms with van der Waals surface area (Å²) < 4.78 is 5.33. The van der Waals surface area contributed by atoms with Crippen LogP contribution in [0.4, 0.5) is 0 Å². The maximum absolute atomic E-state index is 11.5. The molecule has 0 atom stereocenters. The van der Waals surface area contributed by atoms with Crippen LogP contribution in [0.3, 0.4) is 0 Å². The number of rotatable bonds is 3. The Balaban J connectivity index is 2.38. The van der Waals surface area contributed by atoms with Crippen LogP contribution in [0.5, 0.6) is 11.5 Å². The molecule has 0 saturated heterocycles. The van der Waals surface area contributed by atoms with Crippen LogP contribution in [0, 0.1) is 6.92 Å². The predicted octanol–water partition coefficient (Wildman–Crippen LogP) is 4.24. The van der Waals surface area contributed by atoms with Crippen molar-refractivity contribution in [3.8, 4) is 11.5 Å². The largest absolute Gasteiger partial charge is 0.507 e. The van der Waals surface area contributed by atoms with E-state index in [9.17, 15) is 9.90 Å². The summed E-state index contributed by atoms with van der Waals surface area (Å²) in [4.78, 5) is 11.5. The molecule has 1 saturated carbocycles. The first-order chi connectivity index (χ1) is 9.46. The van der Waals surface area contributed by atoms with Crippen LogP contribution < -0.4 is 4.74 Å². The molecular formula is C17H24O3. The molecule has 0 aromatic heterocycles. The first-order valence-electron chi connectivity index (χ1n) is 7.51. The molecule has 1 N–H and O–H groups in total. The lowest BCUT2D eigenvalue weighted by Crippen LogP contribution is -2.25. The second kappa shape index (κ2) is 5.86. The van der Waals surface area contributed by atoms with Crippen molar-refractivity contribution in [2.45, 2.75) is 64.7 Å². The molecule has 3 heteroatoms. The van der Waals surface area contributed by atoms with Gasteiger partial charge in [-0.1, -0.05) is 33.1 Å². The minimum Gasteiger partial charge on any atom is -0.507 e. The third-order valence-electron chi connectivity index (χ3n) is 4.40. The number of aromatic hydroxyl groups is 1. The van der Waals surface area contributed by atoms with Crippen molar-refractivity contribution in [1.82, 2.24) is 0 Å². The van der Waals surface area contributed by atoms with Gasteiger partial charge in [0.05, 0.1) is 0 Å². The summed E-state index contributed by atoms with van der Waals surface area (Å²) in [6, 6.07) is 3.58. The quantitative estimate of drug-likeness (QED) is 0.663. The third-order valence-corrected chi connectivity index (χ3v) is 4.40. The Kier molecular flexibility index (Phi) is 4.36. The Morgan fingerprint density at radius 2 is 1.95 bits per heavy atom. The van der Waals surface area contributed by atoms with E-state index in [0.29, 0.717) is 17.9 Å². The van der Waals surface area contributed by atoms with E-state index in [2.05, 4.69) is 6.92 Å². The molecule has 1 aromatic rings. The van der Waals surface area contributed by atoms with E-state index in [-0.39, 0.29) is 11.4 Å². The zero-order chi connectivity index (χ0) is 14.8. The molecular weight excluding hydrogens is 252 g/mol. The number of phenols is 1. The molecule has 0 spiro atoms. The van der Waals surface area contributed by atoms with Gasteiger partial charge < -0.3 is 9.84 Å². The highest BCUT2D eigenvalue weighted by Crippen LogP contribution is 2.45. The van der Waals surface area contributed by atoms with Crippen LogP contribution >= 0.6 is 0 Å². The van der Waals surface area contributed by atoms with Crippen molar-refractivity contribution in [3.05, 3.63) is 23.3 Å². The van der Waals surface area contributed by atoms with Crippen LogP contribution in [0.2, 0.25) is 0 Å². The topological polar surface area (TPSA) is 46.5 Å². The highest BCUT2D eigenvalue weighted by Gasteiger charge is 2.32. The van der Waals surface area contributed by atoms with Gasteiger partial charge in [0.15, 0.2) is 0 Å². The van der Waals surface area contributed by atoms with Gasteiger partial charge in [-0.15, -0.1) is 0 Å². The monoisotopic (exact) mass is 276 g/mol. The fourth-order valence-corrected chi connectivity index (χ4v) is 3.07. The lowest BCUT2D eigenvalue weighted by molar-refractivity contribution is -0.134. The van der Waals surface area contributed by atoms with Gasteiger partial charge in [0, 0.05) is 12.0 Å². The molecule has 1 aliphatic rings. The third kappa shape index (κ3) is 2.97. The van der Waals surface area contributed by atoms with Gasteiger partial charge in [0.2, 0.25) is 0 Å². The number of ether oxygens (including phenoxy) is 1. The van der Waals surface area contributed by atoms with Crippen LogP contribution in [-0.2, 0) is 10.2 Å². The average molecular weight is 276 g/mol. The highest BCUT2D eigenvalue weighted by atomic mass is 16.5. The normalized spacial score (nSPS) is 17.8. The van der Waals surface area contributed by atoms with Gasteiger partial charge in [0.1, 0.15) is 11.5 Å². The van der Waals surface area contributed by atoms with Crippen molar-refractivity contribution >= 4 is 5.97 Å². The Morgan fingerprint density at radius 1 is 1.30 bits per heavy atom. The van der Waals surface area contributed by atoms with Gasteiger partial charge >= 0.3 is 5.97 Å². The number of carbonyl (C=O) groups is 1. The molecule has 2 rings (SSSR count). The molecule has 0 unspecified atom stereocenters. The Labute approximate surface area is 121 Å². The second-order valence-corrected chi connectivity index (χ2v) is 6.09. The number of hydrogen-bond acceptors (Lipinski definition) is 3. The van der Waals surface area contributed by atoms with E-state index in [4.69, 9.17) is 4.74 Å². The zero-order valence-electron chi connectivity index (χ0n) is 12.7. The molecule has 1 aliphatic carbocycles. The first kappa shape index (κ1) is 14.9.